The number of carbonyl (C=O) groups is 2. The fourth-order valence-electron chi connectivity index (χ4n) is 3.15. The highest BCUT2D eigenvalue weighted by molar-refractivity contribution is 5.77. The molecule has 27 heavy (non-hydrogen) atoms. The molecule has 1 fully saturated rings. The lowest BCUT2D eigenvalue weighted by Gasteiger charge is -2.32. The number of ether oxygens (including phenoxy) is 3. The van der Waals surface area contributed by atoms with E-state index in [1.165, 1.54) is 31.4 Å². The standard InChI is InChI=1S/C18H25N2O7/c1-12-10-15(26-14-8-6-13(7-9-14)19(23)24)11-20(12,16(21)25-5)17(22)27-18(2,3)4/h6-9,12,15H,10-11H2,1-5H3/q+1/t12-,15-,20+/m1/s1. The topological polar surface area (TPSA) is 105 Å². The minimum absolute atomic E-state index is 0.0458. The third-order valence-electron chi connectivity index (χ3n) is 4.42. The van der Waals surface area contributed by atoms with Crippen molar-refractivity contribution in [2.24, 2.45) is 0 Å². The Morgan fingerprint density at radius 2 is 1.78 bits per heavy atom. The minimum Gasteiger partial charge on any atom is -0.484 e. The lowest BCUT2D eigenvalue weighted by molar-refractivity contribution is -0.798. The molecule has 1 aliphatic heterocycles. The molecule has 0 saturated carbocycles. The fraction of sp³-hybridized carbons (Fsp3) is 0.556. The number of likely N-dealkylation sites (tertiary alicyclic amines) is 1. The number of carbonyl (C=O) groups excluding carboxylic acids is 2. The molecular weight excluding hydrogens is 356 g/mol. The predicted octanol–water partition coefficient (Wildman–Crippen LogP) is 3.65. The molecule has 148 valence electrons. The molecule has 3 atom stereocenters. The number of nitro benzene ring substituents is 1. The van der Waals surface area contributed by atoms with Crippen molar-refractivity contribution in [2.45, 2.75) is 51.9 Å². The lowest BCUT2D eigenvalue weighted by atomic mass is 10.2. The van der Waals surface area contributed by atoms with Crippen LogP contribution in [0.4, 0.5) is 15.3 Å². The molecule has 1 aliphatic rings. The van der Waals surface area contributed by atoms with E-state index in [4.69, 9.17) is 14.2 Å². The first kappa shape index (κ1) is 20.6. The minimum atomic E-state index is -0.757. The number of benzene rings is 1. The van der Waals surface area contributed by atoms with Gasteiger partial charge in [-0.1, -0.05) is 0 Å². The van der Waals surface area contributed by atoms with E-state index in [9.17, 15) is 19.7 Å². The molecule has 1 aromatic carbocycles. The molecule has 2 rings (SSSR count). The maximum Gasteiger partial charge on any atom is 0.527 e. The van der Waals surface area contributed by atoms with Crippen LogP contribution < -0.4 is 4.74 Å². The molecule has 9 heteroatoms. The van der Waals surface area contributed by atoms with Crippen molar-refractivity contribution >= 4 is 17.9 Å². The van der Waals surface area contributed by atoms with Crippen molar-refractivity contribution in [3.63, 3.8) is 0 Å². The average molecular weight is 381 g/mol. The lowest BCUT2D eigenvalue weighted by Crippen LogP contribution is -2.61. The fourth-order valence-corrected chi connectivity index (χ4v) is 3.15. The normalized spacial score (nSPS) is 24.9. The maximum atomic E-state index is 12.8. The smallest absolute Gasteiger partial charge is 0.484 e. The summed E-state index contributed by atoms with van der Waals surface area (Å²) in [6.07, 6.45) is -1.41. The van der Waals surface area contributed by atoms with Crippen LogP contribution in [0.5, 0.6) is 5.75 Å². The van der Waals surface area contributed by atoms with Gasteiger partial charge in [-0.15, -0.1) is 4.48 Å². The molecule has 0 aliphatic carbocycles. The molecule has 0 aromatic heterocycles. The van der Waals surface area contributed by atoms with Crippen molar-refractivity contribution in [1.29, 1.82) is 0 Å². The van der Waals surface area contributed by atoms with Crippen molar-refractivity contribution in [2.75, 3.05) is 13.7 Å². The van der Waals surface area contributed by atoms with Gasteiger partial charge in [-0.3, -0.25) is 10.1 Å². The summed E-state index contributed by atoms with van der Waals surface area (Å²) in [6, 6.07) is 5.24. The van der Waals surface area contributed by atoms with Crippen LogP contribution in [0.15, 0.2) is 24.3 Å². The highest BCUT2D eigenvalue weighted by atomic mass is 16.6. The third-order valence-corrected chi connectivity index (χ3v) is 4.42. The molecule has 1 heterocycles. The van der Waals surface area contributed by atoms with Crippen LogP contribution >= 0.6 is 0 Å². The number of methoxy groups -OCH3 is 1. The predicted molar refractivity (Wildman–Crippen MR) is 95.4 cm³/mol. The quantitative estimate of drug-likeness (QED) is 0.447. The number of amides is 2. The average Bonchev–Trinajstić information content (AvgIpc) is 2.90. The highest BCUT2D eigenvalue weighted by Crippen LogP contribution is 2.34. The Bertz CT molecular complexity index is 726. The molecule has 1 saturated heterocycles. The van der Waals surface area contributed by atoms with Gasteiger partial charge >= 0.3 is 12.2 Å². The Kier molecular flexibility index (Phi) is 5.74. The van der Waals surface area contributed by atoms with Crippen LogP contribution in [0.25, 0.3) is 0 Å². The second kappa shape index (κ2) is 7.51. The molecular formula is C18H25N2O7+. The van der Waals surface area contributed by atoms with Crippen LogP contribution in [0.2, 0.25) is 0 Å². The Morgan fingerprint density at radius 3 is 2.26 bits per heavy atom. The van der Waals surface area contributed by atoms with Gasteiger partial charge in [-0.25, -0.2) is 0 Å². The van der Waals surface area contributed by atoms with E-state index in [0.29, 0.717) is 12.2 Å². The summed E-state index contributed by atoms with van der Waals surface area (Å²) in [5.41, 5.74) is -0.802. The number of non-ortho nitro benzene ring substituents is 1. The Labute approximate surface area is 157 Å². The van der Waals surface area contributed by atoms with Crippen molar-refractivity contribution in [3.8, 4) is 5.75 Å². The zero-order chi connectivity index (χ0) is 20.4. The SMILES string of the molecule is COC(=O)[N@+]1(C(=O)OC(C)(C)C)C[C@H](Oc2ccc([N+](=O)[O-])cc2)C[C@H]1C. The number of quaternary nitrogens is 1. The van der Waals surface area contributed by atoms with E-state index < -0.39 is 39.3 Å². The van der Waals surface area contributed by atoms with E-state index in [2.05, 4.69) is 0 Å². The van der Waals surface area contributed by atoms with E-state index in [-0.39, 0.29) is 12.2 Å². The summed E-state index contributed by atoms with van der Waals surface area (Å²) < 4.78 is 15.6. The summed E-state index contributed by atoms with van der Waals surface area (Å²) in [5, 5.41) is 10.7. The number of nitrogens with zero attached hydrogens (tertiary/aromatic N) is 2. The largest absolute Gasteiger partial charge is 0.527 e. The van der Waals surface area contributed by atoms with E-state index in [1.807, 2.05) is 0 Å². The van der Waals surface area contributed by atoms with Crippen molar-refractivity contribution in [3.05, 3.63) is 34.4 Å². The molecule has 9 nitrogen and oxygen atoms in total. The summed E-state index contributed by atoms with van der Waals surface area (Å²) >= 11 is 0. The zero-order valence-electron chi connectivity index (χ0n) is 16.1. The number of hydrogen-bond donors (Lipinski definition) is 0. The number of rotatable bonds is 3. The molecule has 0 spiro atoms. The highest BCUT2D eigenvalue weighted by Gasteiger charge is 2.60. The monoisotopic (exact) mass is 381 g/mol. The first-order valence-electron chi connectivity index (χ1n) is 8.60. The van der Waals surface area contributed by atoms with Gasteiger partial charge < -0.3 is 14.2 Å². The van der Waals surface area contributed by atoms with Crippen LogP contribution in [0.3, 0.4) is 0 Å². The summed E-state index contributed by atoms with van der Waals surface area (Å²) in [6.45, 7) is 7.00. The molecule has 1 aromatic rings. The number of hydrogen-bond acceptors (Lipinski definition) is 7. The van der Waals surface area contributed by atoms with Gasteiger partial charge in [0.1, 0.15) is 23.9 Å². The van der Waals surface area contributed by atoms with Gasteiger partial charge in [0.25, 0.3) is 5.69 Å². The first-order valence-corrected chi connectivity index (χ1v) is 8.60. The van der Waals surface area contributed by atoms with Crippen LogP contribution in [0.1, 0.15) is 34.1 Å². The van der Waals surface area contributed by atoms with Crippen molar-refractivity contribution in [1.82, 2.24) is 0 Å². The van der Waals surface area contributed by atoms with Gasteiger partial charge in [-0.05, 0) is 39.8 Å². The molecule has 0 unspecified atom stereocenters. The van der Waals surface area contributed by atoms with Crippen LogP contribution in [0, 0.1) is 10.1 Å². The zero-order valence-corrected chi connectivity index (χ0v) is 16.1. The molecule has 2 amide bonds. The summed E-state index contributed by atoms with van der Waals surface area (Å²) in [4.78, 5) is 35.6. The maximum absolute atomic E-state index is 12.8. The molecule has 0 radical (unpaired) electrons. The first-order chi connectivity index (χ1) is 12.5. The second-order valence-corrected chi connectivity index (χ2v) is 7.58. The number of imide groups is 1. The van der Waals surface area contributed by atoms with E-state index >= 15 is 0 Å². The Hall–Kier alpha value is -2.68. The Morgan fingerprint density at radius 1 is 1.19 bits per heavy atom. The van der Waals surface area contributed by atoms with E-state index in [1.54, 1.807) is 27.7 Å². The van der Waals surface area contributed by atoms with Crippen molar-refractivity contribution < 1.29 is 33.2 Å². The van der Waals surface area contributed by atoms with Gasteiger partial charge in [0.2, 0.25) is 0 Å². The number of nitro groups is 1. The van der Waals surface area contributed by atoms with Crippen LogP contribution in [-0.4, -0.2) is 53.0 Å². The van der Waals surface area contributed by atoms with Crippen LogP contribution in [-0.2, 0) is 9.47 Å². The third kappa shape index (κ3) is 4.36. The molecule has 0 bridgehead atoms. The second-order valence-electron chi connectivity index (χ2n) is 7.58. The summed E-state index contributed by atoms with van der Waals surface area (Å²) in [7, 11) is 1.23. The van der Waals surface area contributed by atoms with Gasteiger partial charge in [0.15, 0.2) is 6.10 Å². The van der Waals surface area contributed by atoms with E-state index in [0.717, 1.165) is 0 Å². The van der Waals surface area contributed by atoms with Gasteiger partial charge in [0, 0.05) is 18.6 Å². The Balaban J connectivity index is 2.22. The van der Waals surface area contributed by atoms with Gasteiger partial charge in [-0.2, -0.15) is 9.59 Å². The van der Waals surface area contributed by atoms with Gasteiger partial charge in [0.05, 0.1) is 12.0 Å². The summed E-state index contributed by atoms with van der Waals surface area (Å²) in [5.74, 6) is 0.423. The molecule has 0 N–H and O–H groups in total.